The first-order chi connectivity index (χ1) is 12.5. The number of carbonyl (C=O) groups is 2. The third-order valence-electron chi connectivity index (χ3n) is 4.58. The topological polar surface area (TPSA) is 67.4 Å². The lowest BCUT2D eigenvalue weighted by Crippen LogP contribution is -2.18. The Hall–Kier alpha value is -2.82. The van der Waals surface area contributed by atoms with E-state index < -0.39 is 0 Å². The maximum absolute atomic E-state index is 12.0. The molecule has 136 valence electrons. The van der Waals surface area contributed by atoms with Crippen LogP contribution in [0.15, 0.2) is 36.4 Å². The number of fused-ring (bicyclic) bond motifs is 1. The Bertz CT molecular complexity index is 830. The minimum absolute atomic E-state index is 0.00925. The third-order valence-corrected chi connectivity index (χ3v) is 4.58. The molecule has 1 heterocycles. The number of nitrogens with one attached hydrogen (secondary N) is 2. The molecule has 0 spiro atoms. The number of carbonyl (C=O) groups excluding carboxylic acids is 2. The summed E-state index contributed by atoms with van der Waals surface area (Å²) < 4.78 is 5.74. The Labute approximate surface area is 153 Å². The summed E-state index contributed by atoms with van der Waals surface area (Å²) in [5.41, 5.74) is 5.16. The van der Waals surface area contributed by atoms with Crippen molar-refractivity contribution in [1.29, 1.82) is 0 Å². The van der Waals surface area contributed by atoms with Gasteiger partial charge in [-0.2, -0.15) is 0 Å². The maximum atomic E-state index is 12.0. The van der Waals surface area contributed by atoms with Gasteiger partial charge in [-0.3, -0.25) is 9.59 Å². The summed E-state index contributed by atoms with van der Waals surface area (Å²) in [5.74, 6) is 0.820. The van der Waals surface area contributed by atoms with Gasteiger partial charge in [-0.25, -0.2) is 0 Å². The normalized spacial score (nSPS) is 12.9. The van der Waals surface area contributed by atoms with E-state index in [1.54, 1.807) is 0 Å². The molecule has 1 aliphatic heterocycles. The van der Waals surface area contributed by atoms with Crippen molar-refractivity contribution in [2.45, 2.75) is 39.5 Å². The molecule has 1 aliphatic rings. The molecule has 0 fully saturated rings. The Morgan fingerprint density at radius 2 is 1.96 bits per heavy atom. The number of hydrogen-bond acceptors (Lipinski definition) is 3. The predicted molar refractivity (Wildman–Crippen MR) is 103 cm³/mol. The maximum Gasteiger partial charge on any atom is 0.224 e. The first kappa shape index (κ1) is 18.0. The lowest BCUT2D eigenvalue weighted by molar-refractivity contribution is -0.117. The van der Waals surface area contributed by atoms with Crippen LogP contribution in [0.4, 0.5) is 11.4 Å². The average molecular weight is 352 g/mol. The van der Waals surface area contributed by atoms with Crippen molar-refractivity contribution in [2.75, 3.05) is 17.2 Å². The number of ether oxygens (including phenoxy) is 1. The Morgan fingerprint density at radius 1 is 1.12 bits per heavy atom. The van der Waals surface area contributed by atoms with E-state index in [1.165, 1.54) is 5.56 Å². The molecule has 5 heteroatoms. The second-order valence-electron chi connectivity index (χ2n) is 6.67. The van der Waals surface area contributed by atoms with Crippen LogP contribution in [0.5, 0.6) is 5.75 Å². The highest BCUT2D eigenvalue weighted by Gasteiger charge is 2.15. The van der Waals surface area contributed by atoms with Gasteiger partial charge in [0.25, 0.3) is 0 Å². The lowest BCUT2D eigenvalue weighted by Gasteiger charge is -2.17. The number of benzene rings is 2. The molecule has 2 aromatic rings. The van der Waals surface area contributed by atoms with Crippen molar-refractivity contribution >= 4 is 23.2 Å². The molecule has 0 aromatic heterocycles. The molecule has 0 aliphatic carbocycles. The summed E-state index contributed by atoms with van der Waals surface area (Å²) >= 11 is 0. The molecule has 0 saturated carbocycles. The molecule has 0 radical (unpaired) electrons. The van der Waals surface area contributed by atoms with E-state index in [4.69, 9.17) is 4.74 Å². The summed E-state index contributed by atoms with van der Waals surface area (Å²) in [5, 5.41) is 5.77. The summed E-state index contributed by atoms with van der Waals surface area (Å²) in [7, 11) is 0. The molecule has 0 atom stereocenters. The highest BCUT2D eigenvalue weighted by molar-refractivity contribution is 5.94. The van der Waals surface area contributed by atoms with E-state index in [9.17, 15) is 9.59 Å². The zero-order valence-electron chi connectivity index (χ0n) is 15.2. The number of aryl methyl sites for hydroxylation is 3. The Kier molecular flexibility index (Phi) is 5.56. The standard InChI is InChI=1S/C21H24N2O3/c1-14-5-7-17(12-15(14)2)22-20(24)4-3-11-26-18-8-9-19-16(13-18)6-10-21(25)23-19/h5,7-9,12-13H,3-4,6,10-11H2,1-2H3,(H,22,24)(H,23,25). The van der Waals surface area contributed by atoms with E-state index in [0.717, 1.165) is 34.7 Å². The number of anilines is 2. The van der Waals surface area contributed by atoms with Crippen LogP contribution in [-0.2, 0) is 16.0 Å². The quantitative estimate of drug-likeness (QED) is 0.773. The monoisotopic (exact) mass is 352 g/mol. The predicted octanol–water partition coefficient (Wildman–Crippen LogP) is 3.99. The molecular formula is C21H24N2O3. The van der Waals surface area contributed by atoms with Crippen LogP contribution in [0.2, 0.25) is 0 Å². The van der Waals surface area contributed by atoms with Gasteiger partial charge in [0.15, 0.2) is 0 Å². The van der Waals surface area contributed by atoms with Gasteiger partial charge >= 0.3 is 0 Å². The fourth-order valence-electron chi connectivity index (χ4n) is 2.91. The van der Waals surface area contributed by atoms with Crippen LogP contribution in [-0.4, -0.2) is 18.4 Å². The van der Waals surface area contributed by atoms with E-state index in [1.807, 2.05) is 50.2 Å². The van der Waals surface area contributed by atoms with Crippen LogP contribution in [0.1, 0.15) is 36.0 Å². The first-order valence-electron chi connectivity index (χ1n) is 8.94. The van der Waals surface area contributed by atoms with Crippen molar-refractivity contribution in [3.63, 3.8) is 0 Å². The molecule has 5 nitrogen and oxygen atoms in total. The molecule has 2 N–H and O–H groups in total. The second kappa shape index (κ2) is 8.04. The number of hydrogen-bond donors (Lipinski definition) is 2. The summed E-state index contributed by atoms with van der Waals surface area (Å²) in [6, 6.07) is 11.6. The van der Waals surface area contributed by atoms with Crippen molar-refractivity contribution in [2.24, 2.45) is 0 Å². The van der Waals surface area contributed by atoms with Crippen molar-refractivity contribution < 1.29 is 14.3 Å². The SMILES string of the molecule is Cc1ccc(NC(=O)CCCOc2ccc3c(c2)CCC(=O)N3)cc1C. The summed E-state index contributed by atoms with van der Waals surface area (Å²) in [4.78, 5) is 23.4. The van der Waals surface area contributed by atoms with E-state index in [-0.39, 0.29) is 11.8 Å². The van der Waals surface area contributed by atoms with Gasteiger partial charge in [-0.1, -0.05) is 6.07 Å². The minimum atomic E-state index is -0.00925. The van der Waals surface area contributed by atoms with E-state index in [2.05, 4.69) is 10.6 Å². The van der Waals surface area contributed by atoms with Gasteiger partial charge in [0.1, 0.15) is 5.75 Å². The molecule has 0 bridgehead atoms. The molecule has 0 unspecified atom stereocenters. The minimum Gasteiger partial charge on any atom is -0.494 e. The number of rotatable bonds is 6. The van der Waals surface area contributed by atoms with Gasteiger partial charge in [0, 0.05) is 24.2 Å². The highest BCUT2D eigenvalue weighted by atomic mass is 16.5. The lowest BCUT2D eigenvalue weighted by atomic mass is 10.0. The zero-order valence-corrected chi connectivity index (χ0v) is 15.2. The van der Waals surface area contributed by atoms with Gasteiger partial charge in [-0.05, 0) is 73.7 Å². The molecule has 2 aromatic carbocycles. The van der Waals surface area contributed by atoms with Crippen LogP contribution < -0.4 is 15.4 Å². The zero-order chi connectivity index (χ0) is 18.5. The molecular weight excluding hydrogens is 328 g/mol. The molecule has 2 amide bonds. The van der Waals surface area contributed by atoms with Crippen molar-refractivity contribution in [1.82, 2.24) is 0 Å². The fourth-order valence-corrected chi connectivity index (χ4v) is 2.91. The van der Waals surface area contributed by atoms with Crippen LogP contribution in [0.3, 0.4) is 0 Å². The van der Waals surface area contributed by atoms with Gasteiger partial charge in [-0.15, -0.1) is 0 Å². The molecule has 3 rings (SSSR count). The third kappa shape index (κ3) is 4.63. The van der Waals surface area contributed by atoms with Crippen LogP contribution >= 0.6 is 0 Å². The van der Waals surface area contributed by atoms with E-state index >= 15 is 0 Å². The second-order valence-corrected chi connectivity index (χ2v) is 6.67. The summed E-state index contributed by atoms with van der Waals surface area (Å²) in [6.45, 7) is 4.56. The first-order valence-corrected chi connectivity index (χ1v) is 8.94. The van der Waals surface area contributed by atoms with Crippen LogP contribution in [0, 0.1) is 13.8 Å². The smallest absolute Gasteiger partial charge is 0.224 e. The largest absolute Gasteiger partial charge is 0.494 e. The van der Waals surface area contributed by atoms with Crippen molar-refractivity contribution in [3.8, 4) is 5.75 Å². The fraction of sp³-hybridized carbons (Fsp3) is 0.333. The van der Waals surface area contributed by atoms with Gasteiger partial charge < -0.3 is 15.4 Å². The van der Waals surface area contributed by atoms with Gasteiger partial charge in [0.05, 0.1) is 6.61 Å². The highest BCUT2D eigenvalue weighted by Crippen LogP contribution is 2.26. The number of amides is 2. The average Bonchev–Trinajstić information content (AvgIpc) is 2.62. The molecule has 0 saturated heterocycles. The Balaban J connectivity index is 1.43. The summed E-state index contributed by atoms with van der Waals surface area (Å²) in [6.07, 6.45) is 2.30. The van der Waals surface area contributed by atoms with Gasteiger partial charge in [0.2, 0.25) is 11.8 Å². The van der Waals surface area contributed by atoms with Crippen LogP contribution in [0.25, 0.3) is 0 Å². The molecule has 26 heavy (non-hydrogen) atoms. The Morgan fingerprint density at radius 3 is 2.77 bits per heavy atom. The van der Waals surface area contributed by atoms with Crippen molar-refractivity contribution in [3.05, 3.63) is 53.1 Å². The van der Waals surface area contributed by atoms with E-state index in [0.29, 0.717) is 25.9 Å².